The molecule has 0 radical (unpaired) electrons. The average molecular weight is 456 g/mol. The van der Waals surface area contributed by atoms with Gasteiger partial charge in [-0.1, -0.05) is 6.07 Å². The standard InChI is InChI=1S/C25H29NO7/c1-4-30-24(28)23-22(15-7-8-18(29-3)17(27)11-15)16-12-20-21(32-14-31-20)13-19(16)33-25(23,2)26-9-5-6-10-26/h7-8,11-13,22-23,27H,4-6,9-10,14H2,1-3H3/t22-,23-,25-/m1/s1. The number of ether oxygens (including phenoxy) is 5. The van der Waals surface area contributed by atoms with Crippen molar-refractivity contribution < 1.29 is 33.6 Å². The Bertz CT molecular complexity index is 1060. The lowest BCUT2D eigenvalue weighted by atomic mass is 9.72. The molecular formula is C25H29NO7. The van der Waals surface area contributed by atoms with Crippen LogP contribution >= 0.6 is 0 Å². The molecule has 2 aromatic rings. The van der Waals surface area contributed by atoms with E-state index in [0.717, 1.165) is 37.1 Å². The Morgan fingerprint density at radius 1 is 1.15 bits per heavy atom. The van der Waals surface area contributed by atoms with Crippen molar-refractivity contribution in [1.29, 1.82) is 0 Å². The van der Waals surface area contributed by atoms with Crippen LogP contribution in [0.1, 0.15) is 43.7 Å². The Hall–Kier alpha value is -3.13. The molecule has 3 aliphatic rings. The Labute approximate surface area is 192 Å². The van der Waals surface area contributed by atoms with Gasteiger partial charge in [-0.25, -0.2) is 0 Å². The molecule has 0 amide bonds. The molecule has 176 valence electrons. The maximum absolute atomic E-state index is 13.5. The maximum Gasteiger partial charge on any atom is 0.315 e. The summed E-state index contributed by atoms with van der Waals surface area (Å²) < 4.78 is 28.7. The quantitative estimate of drug-likeness (QED) is 0.684. The van der Waals surface area contributed by atoms with Crippen LogP contribution in [0.4, 0.5) is 0 Å². The Morgan fingerprint density at radius 3 is 2.55 bits per heavy atom. The first-order valence-electron chi connectivity index (χ1n) is 11.4. The first kappa shape index (κ1) is 21.7. The number of fused-ring (bicyclic) bond motifs is 2. The molecule has 0 aromatic heterocycles. The van der Waals surface area contributed by atoms with Crippen LogP contribution in [0.15, 0.2) is 30.3 Å². The van der Waals surface area contributed by atoms with E-state index in [-0.39, 0.29) is 25.1 Å². The van der Waals surface area contributed by atoms with Gasteiger partial charge in [0.1, 0.15) is 11.7 Å². The molecule has 8 heteroatoms. The fourth-order valence-corrected chi connectivity index (χ4v) is 5.33. The van der Waals surface area contributed by atoms with Crippen molar-refractivity contribution in [2.24, 2.45) is 5.92 Å². The summed E-state index contributed by atoms with van der Waals surface area (Å²) in [5.41, 5.74) is 0.614. The second-order valence-electron chi connectivity index (χ2n) is 8.73. The zero-order chi connectivity index (χ0) is 23.2. The van der Waals surface area contributed by atoms with Gasteiger partial charge in [0.15, 0.2) is 28.7 Å². The molecule has 0 unspecified atom stereocenters. The van der Waals surface area contributed by atoms with E-state index >= 15 is 0 Å². The van der Waals surface area contributed by atoms with Crippen molar-refractivity contribution in [3.63, 3.8) is 0 Å². The topological polar surface area (TPSA) is 86.7 Å². The predicted molar refractivity (Wildman–Crippen MR) is 119 cm³/mol. The molecule has 33 heavy (non-hydrogen) atoms. The monoisotopic (exact) mass is 455 g/mol. The van der Waals surface area contributed by atoms with E-state index in [2.05, 4.69) is 4.90 Å². The number of carbonyl (C=O) groups excluding carboxylic acids is 1. The number of benzene rings is 2. The van der Waals surface area contributed by atoms with E-state index in [0.29, 0.717) is 23.0 Å². The van der Waals surface area contributed by atoms with E-state index in [4.69, 9.17) is 23.7 Å². The normalized spacial score (nSPS) is 25.9. The summed E-state index contributed by atoms with van der Waals surface area (Å²) in [4.78, 5) is 15.8. The highest BCUT2D eigenvalue weighted by atomic mass is 16.7. The highest BCUT2D eigenvalue weighted by Gasteiger charge is 2.56. The number of phenols is 1. The number of phenolic OH excluding ortho intramolecular Hbond substituents is 1. The van der Waals surface area contributed by atoms with Gasteiger partial charge < -0.3 is 28.8 Å². The first-order valence-corrected chi connectivity index (χ1v) is 11.4. The van der Waals surface area contributed by atoms with Crippen LogP contribution in [0.5, 0.6) is 28.7 Å². The Kier molecular flexibility index (Phi) is 5.48. The smallest absolute Gasteiger partial charge is 0.315 e. The number of esters is 1. The third-order valence-corrected chi connectivity index (χ3v) is 6.90. The highest BCUT2D eigenvalue weighted by Crippen LogP contribution is 2.54. The lowest BCUT2D eigenvalue weighted by Gasteiger charge is -2.49. The zero-order valence-electron chi connectivity index (χ0n) is 19.1. The van der Waals surface area contributed by atoms with Crippen LogP contribution in [-0.2, 0) is 9.53 Å². The average Bonchev–Trinajstić information content (AvgIpc) is 3.49. The number of carbonyl (C=O) groups is 1. The molecule has 8 nitrogen and oxygen atoms in total. The molecule has 5 rings (SSSR count). The first-order chi connectivity index (χ1) is 16.0. The molecule has 0 aliphatic carbocycles. The van der Waals surface area contributed by atoms with Crippen LogP contribution in [0.2, 0.25) is 0 Å². The summed E-state index contributed by atoms with van der Waals surface area (Å²) in [5, 5.41) is 10.6. The summed E-state index contributed by atoms with van der Waals surface area (Å²) in [6, 6.07) is 8.95. The largest absolute Gasteiger partial charge is 0.504 e. The fraction of sp³-hybridized carbons (Fsp3) is 0.480. The maximum atomic E-state index is 13.5. The fourth-order valence-electron chi connectivity index (χ4n) is 5.33. The van der Waals surface area contributed by atoms with Crippen molar-refractivity contribution >= 4 is 5.97 Å². The minimum atomic E-state index is -0.941. The molecule has 2 aromatic carbocycles. The van der Waals surface area contributed by atoms with Crippen molar-refractivity contribution in [2.45, 2.75) is 38.3 Å². The Balaban J connectivity index is 1.72. The summed E-state index contributed by atoms with van der Waals surface area (Å²) >= 11 is 0. The second-order valence-corrected chi connectivity index (χ2v) is 8.73. The molecule has 1 N–H and O–H groups in total. The van der Waals surface area contributed by atoms with Crippen LogP contribution in [0, 0.1) is 5.92 Å². The molecule has 1 fully saturated rings. The lowest BCUT2D eigenvalue weighted by molar-refractivity contribution is -0.174. The van der Waals surface area contributed by atoms with E-state index in [1.807, 2.05) is 25.1 Å². The van der Waals surface area contributed by atoms with Crippen molar-refractivity contribution in [1.82, 2.24) is 4.90 Å². The number of hydrogen-bond acceptors (Lipinski definition) is 8. The third-order valence-electron chi connectivity index (χ3n) is 6.90. The van der Waals surface area contributed by atoms with Gasteiger partial charge in [-0.3, -0.25) is 9.69 Å². The lowest BCUT2D eigenvalue weighted by Crippen LogP contribution is -2.61. The second kappa shape index (κ2) is 8.33. The van der Waals surface area contributed by atoms with Gasteiger partial charge in [0.2, 0.25) is 6.79 Å². The van der Waals surface area contributed by atoms with Gasteiger partial charge >= 0.3 is 5.97 Å². The summed E-state index contributed by atoms with van der Waals surface area (Å²) in [7, 11) is 1.50. The molecule has 0 saturated carbocycles. The molecule has 1 saturated heterocycles. The zero-order valence-corrected chi connectivity index (χ0v) is 19.1. The minimum absolute atomic E-state index is 0.00858. The van der Waals surface area contributed by atoms with Crippen LogP contribution < -0.4 is 18.9 Å². The number of nitrogens with zero attached hydrogens (tertiary/aromatic N) is 1. The molecule has 3 heterocycles. The van der Waals surface area contributed by atoms with Gasteiger partial charge in [0.25, 0.3) is 0 Å². The van der Waals surface area contributed by atoms with Crippen LogP contribution in [-0.4, -0.2) is 55.3 Å². The van der Waals surface area contributed by atoms with Crippen molar-refractivity contribution in [3.05, 3.63) is 41.5 Å². The van der Waals surface area contributed by atoms with Crippen LogP contribution in [0.3, 0.4) is 0 Å². The van der Waals surface area contributed by atoms with E-state index in [1.165, 1.54) is 7.11 Å². The van der Waals surface area contributed by atoms with Gasteiger partial charge in [-0.15, -0.1) is 0 Å². The predicted octanol–water partition coefficient (Wildman–Crippen LogP) is 3.65. The van der Waals surface area contributed by atoms with E-state index in [9.17, 15) is 9.90 Å². The number of aromatic hydroxyl groups is 1. The van der Waals surface area contributed by atoms with E-state index < -0.39 is 17.6 Å². The molecule has 3 aliphatic heterocycles. The highest BCUT2D eigenvalue weighted by molar-refractivity contribution is 5.78. The summed E-state index contributed by atoms with van der Waals surface area (Å²) in [6.07, 6.45) is 2.08. The van der Waals surface area contributed by atoms with Crippen molar-refractivity contribution in [3.8, 4) is 28.7 Å². The SMILES string of the molecule is CCOC(=O)[C@H]1[C@H](c2ccc(OC)c(O)c2)c2cc3c(cc2O[C@@]1(C)N1CCCC1)OCO3. The third kappa shape index (κ3) is 3.53. The van der Waals surface area contributed by atoms with Crippen LogP contribution in [0.25, 0.3) is 0 Å². The number of rotatable bonds is 5. The number of methoxy groups -OCH3 is 1. The van der Waals surface area contributed by atoms with E-state index in [1.54, 1.807) is 19.1 Å². The number of likely N-dealkylation sites (tertiary alicyclic amines) is 1. The summed E-state index contributed by atoms with van der Waals surface area (Å²) in [6.45, 7) is 5.81. The van der Waals surface area contributed by atoms with Gasteiger partial charge in [0.05, 0.1) is 13.7 Å². The number of hydrogen-bond donors (Lipinski definition) is 1. The van der Waals surface area contributed by atoms with Gasteiger partial charge in [-0.05, 0) is 50.5 Å². The van der Waals surface area contributed by atoms with Gasteiger partial charge in [-0.2, -0.15) is 0 Å². The molecule has 0 bridgehead atoms. The van der Waals surface area contributed by atoms with Gasteiger partial charge in [0, 0.05) is 30.6 Å². The minimum Gasteiger partial charge on any atom is -0.504 e. The summed E-state index contributed by atoms with van der Waals surface area (Å²) in [5.74, 6) is 0.780. The molecule has 3 atom stereocenters. The molecule has 0 spiro atoms. The van der Waals surface area contributed by atoms with Crippen molar-refractivity contribution in [2.75, 3.05) is 33.6 Å². The Morgan fingerprint density at radius 2 is 1.88 bits per heavy atom. The molecular weight excluding hydrogens is 426 g/mol.